The number of hydrogen-bond donors (Lipinski definition) is 3. The van der Waals surface area contributed by atoms with Crippen LogP contribution in [0.1, 0.15) is 12.8 Å². The van der Waals surface area contributed by atoms with Crippen LogP contribution in [0.4, 0.5) is 17.3 Å². The van der Waals surface area contributed by atoms with Crippen molar-refractivity contribution in [3.8, 4) is 11.3 Å². The monoisotopic (exact) mass is 476 g/mol. The standard InChI is InChI=1S/C28H24N6O2/c29-15-4-9-26(35)31-18-10-12-19(13-11-18)32-28-33-24(17-20-14-16-30-34(20)28)23-7-3-6-22-21-5-1-2-8-25(21)36-27(22)23/h1-3,5-8,10-14,16-17H,4,9,15,29H2,(H,31,35)(H,32,33). The Bertz CT molecular complexity index is 1700. The zero-order valence-electron chi connectivity index (χ0n) is 19.4. The maximum atomic E-state index is 12.0. The third-order valence-electron chi connectivity index (χ3n) is 6.10. The second kappa shape index (κ2) is 9.16. The maximum absolute atomic E-state index is 12.0. The number of hydrogen-bond acceptors (Lipinski definition) is 6. The van der Waals surface area contributed by atoms with Gasteiger partial charge in [0.1, 0.15) is 11.2 Å². The highest BCUT2D eigenvalue weighted by molar-refractivity contribution is 6.09. The molecule has 1 amide bonds. The first-order valence-corrected chi connectivity index (χ1v) is 11.8. The van der Waals surface area contributed by atoms with Gasteiger partial charge in [-0.25, -0.2) is 9.50 Å². The molecule has 36 heavy (non-hydrogen) atoms. The van der Waals surface area contributed by atoms with Crippen LogP contribution in [-0.2, 0) is 4.79 Å². The minimum absolute atomic E-state index is 0.0476. The number of aromatic nitrogens is 3. The van der Waals surface area contributed by atoms with Crippen LogP contribution in [0.5, 0.6) is 0 Å². The summed E-state index contributed by atoms with van der Waals surface area (Å²) in [6.45, 7) is 0.495. The largest absolute Gasteiger partial charge is 0.455 e. The van der Waals surface area contributed by atoms with E-state index in [2.05, 4.69) is 27.9 Å². The Morgan fingerprint density at radius 3 is 2.61 bits per heavy atom. The number of anilines is 3. The number of benzene rings is 3. The minimum Gasteiger partial charge on any atom is -0.455 e. The number of amides is 1. The summed E-state index contributed by atoms with van der Waals surface area (Å²) in [5.41, 5.74) is 11.3. The van der Waals surface area contributed by atoms with Crippen molar-refractivity contribution in [3.63, 3.8) is 0 Å². The van der Waals surface area contributed by atoms with E-state index in [1.807, 2.05) is 66.7 Å². The third-order valence-corrected chi connectivity index (χ3v) is 6.10. The number of nitrogens with zero attached hydrogens (tertiary/aromatic N) is 3. The molecule has 0 spiro atoms. The van der Waals surface area contributed by atoms with Crippen LogP contribution in [0.15, 0.2) is 89.5 Å². The van der Waals surface area contributed by atoms with Gasteiger partial charge in [0, 0.05) is 34.1 Å². The van der Waals surface area contributed by atoms with Gasteiger partial charge in [-0.05, 0) is 61.5 Å². The molecule has 0 aliphatic rings. The second-order valence-electron chi connectivity index (χ2n) is 8.56. The fourth-order valence-corrected chi connectivity index (χ4v) is 4.35. The van der Waals surface area contributed by atoms with E-state index in [1.54, 1.807) is 10.7 Å². The Labute approximate surface area is 206 Å². The van der Waals surface area contributed by atoms with E-state index in [0.717, 1.165) is 50.1 Å². The summed E-state index contributed by atoms with van der Waals surface area (Å²) in [5.74, 6) is 0.522. The highest BCUT2D eigenvalue weighted by Gasteiger charge is 2.15. The van der Waals surface area contributed by atoms with E-state index in [4.69, 9.17) is 15.1 Å². The minimum atomic E-state index is -0.0476. The fraction of sp³-hybridized carbons (Fsp3) is 0.107. The Morgan fingerprint density at radius 2 is 1.75 bits per heavy atom. The molecule has 0 saturated carbocycles. The molecule has 0 aliphatic carbocycles. The van der Waals surface area contributed by atoms with Gasteiger partial charge in [-0.3, -0.25) is 4.79 Å². The van der Waals surface area contributed by atoms with Crippen LogP contribution >= 0.6 is 0 Å². The van der Waals surface area contributed by atoms with E-state index in [0.29, 0.717) is 25.3 Å². The van der Waals surface area contributed by atoms with Crippen LogP contribution < -0.4 is 16.4 Å². The molecule has 3 aromatic carbocycles. The first kappa shape index (κ1) is 21.8. The molecule has 6 aromatic rings. The van der Waals surface area contributed by atoms with Crippen molar-refractivity contribution in [3.05, 3.63) is 85.1 Å². The molecule has 3 heterocycles. The van der Waals surface area contributed by atoms with Gasteiger partial charge >= 0.3 is 0 Å². The molecule has 8 nitrogen and oxygen atoms in total. The molecule has 8 heteroatoms. The van der Waals surface area contributed by atoms with E-state index < -0.39 is 0 Å². The van der Waals surface area contributed by atoms with Gasteiger partial charge in [-0.1, -0.05) is 30.3 Å². The average molecular weight is 477 g/mol. The van der Waals surface area contributed by atoms with Crippen molar-refractivity contribution in [2.45, 2.75) is 12.8 Å². The number of nitrogens with one attached hydrogen (secondary N) is 2. The summed E-state index contributed by atoms with van der Waals surface area (Å²) in [7, 11) is 0. The SMILES string of the molecule is NCCCC(=O)Nc1ccc(Nc2nc(-c3cccc4c3oc3ccccc34)cc3ccnn23)cc1. The van der Waals surface area contributed by atoms with Crippen molar-refractivity contribution in [2.75, 3.05) is 17.2 Å². The van der Waals surface area contributed by atoms with Crippen molar-refractivity contribution < 1.29 is 9.21 Å². The second-order valence-corrected chi connectivity index (χ2v) is 8.56. The quantitative estimate of drug-likeness (QED) is 0.272. The van der Waals surface area contributed by atoms with Crippen LogP contribution in [0.2, 0.25) is 0 Å². The molecule has 4 N–H and O–H groups in total. The number of carbonyl (C=O) groups is 1. The predicted molar refractivity (Wildman–Crippen MR) is 142 cm³/mol. The van der Waals surface area contributed by atoms with E-state index in [9.17, 15) is 4.79 Å². The summed E-state index contributed by atoms with van der Waals surface area (Å²) < 4.78 is 7.99. The summed E-state index contributed by atoms with van der Waals surface area (Å²) in [4.78, 5) is 16.9. The number of furan rings is 1. The zero-order chi connectivity index (χ0) is 24.5. The van der Waals surface area contributed by atoms with Crippen molar-refractivity contribution in [1.29, 1.82) is 0 Å². The zero-order valence-corrected chi connectivity index (χ0v) is 19.4. The first-order valence-electron chi connectivity index (χ1n) is 11.8. The van der Waals surface area contributed by atoms with Crippen molar-refractivity contribution >= 4 is 50.7 Å². The number of para-hydroxylation sites is 2. The highest BCUT2D eigenvalue weighted by Crippen LogP contribution is 2.36. The molecule has 0 atom stereocenters. The van der Waals surface area contributed by atoms with Gasteiger partial charge in [0.2, 0.25) is 11.9 Å². The summed E-state index contributed by atoms with van der Waals surface area (Å²) in [6.07, 6.45) is 2.81. The van der Waals surface area contributed by atoms with Gasteiger partial charge in [0.15, 0.2) is 0 Å². The molecule has 3 aromatic heterocycles. The summed E-state index contributed by atoms with van der Waals surface area (Å²) in [6, 6.07) is 25.6. The Hall–Kier alpha value is -4.69. The molecule has 0 aliphatic heterocycles. The summed E-state index contributed by atoms with van der Waals surface area (Å²) >= 11 is 0. The Morgan fingerprint density at radius 1 is 0.944 bits per heavy atom. The van der Waals surface area contributed by atoms with Gasteiger partial charge in [0.25, 0.3) is 0 Å². The van der Waals surface area contributed by atoms with E-state index in [1.165, 1.54) is 0 Å². The van der Waals surface area contributed by atoms with Crippen LogP contribution in [-0.4, -0.2) is 27.0 Å². The topological polar surface area (TPSA) is 110 Å². The lowest BCUT2D eigenvalue weighted by Crippen LogP contribution is -2.13. The molecular formula is C28H24N6O2. The number of rotatable bonds is 7. The Balaban J connectivity index is 1.35. The van der Waals surface area contributed by atoms with Crippen LogP contribution in [0, 0.1) is 0 Å². The molecule has 0 saturated heterocycles. The predicted octanol–water partition coefficient (Wildman–Crippen LogP) is 5.72. The van der Waals surface area contributed by atoms with Gasteiger partial charge in [-0.15, -0.1) is 0 Å². The van der Waals surface area contributed by atoms with Gasteiger partial charge in [-0.2, -0.15) is 5.10 Å². The number of fused-ring (bicyclic) bond motifs is 4. The molecule has 6 rings (SSSR count). The van der Waals surface area contributed by atoms with E-state index >= 15 is 0 Å². The molecule has 0 fully saturated rings. The fourth-order valence-electron chi connectivity index (χ4n) is 4.35. The third kappa shape index (κ3) is 4.03. The molecule has 0 unspecified atom stereocenters. The molecular weight excluding hydrogens is 452 g/mol. The lowest BCUT2D eigenvalue weighted by molar-refractivity contribution is -0.116. The number of carbonyl (C=O) groups excluding carboxylic acids is 1. The van der Waals surface area contributed by atoms with E-state index in [-0.39, 0.29) is 5.91 Å². The Kier molecular flexibility index (Phi) is 5.55. The van der Waals surface area contributed by atoms with Crippen molar-refractivity contribution in [1.82, 2.24) is 14.6 Å². The average Bonchev–Trinajstić information content (AvgIpc) is 3.53. The number of nitrogens with two attached hydrogens (primary N) is 1. The van der Waals surface area contributed by atoms with Gasteiger partial charge in [0.05, 0.1) is 17.4 Å². The molecule has 0 radical (unpaired) electrons. The normalized spacial score (nSPS) is 11.4. The highest BCUT2D eigenvalue weighted by atomic mass is 16.3. The lowest BCUT2D eigenvalue weighted by atomic mass is 10.1. The molecule has 178 valence electrons. The smallest absolute Gasteiger partial charge is 0.229 e. The first-order chi connectivity index (χ1) is 17.7. The summed E-state index contributed by atoms with van der Waals surface area (Å²) in [5, 5.41) is 12.8. The maximum Gasteiger partial charge on any atom is 0.229 e. The van der Waals surface area contributed by atoms with Crippen molar-refractivity contribution in [2.24, 2.45) is 5.73 Å². The molecule has 0 bridgehead atoms. The lowest BCUT2D eigenvalue weighted by Gasteiger charge is -2.11. The van der Waals surface area contributed by atoms with Gasteiger partial charge < -0.3 is 20.8 Å². The van der Waals surface area contributed by atoms with Crippen LogP contribution in [0.25, 0.3) is 38.7 Å². The van der Waals surface area contributed by atoms with Crippen LogP contribution in [0.3, 0.4) is 0 Å².